The second-order valence-electron chi connectivity index (χ2n) is 6.99. The number of rotatable bonds is 4. The van der Waals surface area contributed by atoms with Crippen molar-refractivity contribution in [3.63, 3.8) is 0 Å². The Morgan fingerprint density at radius 1 is 1.16 bits per heavy atom. The zero-order valence-corrected chi connectivity index (χ0v) is 14.8. The van der Waals surface area contributed by atoms with Crippen LogP contribution in [0.2, 0.25) is 0 Å². The van der Waals surface area contributed by atoms with Gasteiger partial charge in [-0.2, -0.15) is 0 Å². The molecule has 2 atom stereocenters. The Kier molecular flexibility index (Phi) is 5.27. The number of nitrogens with zero attached hydrogens (tertiary/aromatic N) is 3. The lowest BCUT2D eigenvalue weighted by Gasteiger charge is -2.37. The molecule has 1 saturated heterocycles. The molecule has 1 aromatic carbocycles. The first-order chi connectivity index (χ1) is 11.9. The molecule has 1 fully saturated rings. The van der Waals surface area contributed by atoms with Crippen LogP contribution in [0.5, 0.6) is 0 Å². The summed E-state index contributed by atoms with van der Waals surface area (Å²) in [5.74, 6) is 0.367. The van der Waals surface area contributed by atoms with Gasteiger partial charge in [0.15, 0.2) is 0 Å². The molecule has 134 valence electrons. The van der Waals surface area contributed by atoms with Crippen LogP contribution >= 0.6 is 0 Å². The van der Waals surface area contributed by atoms with Crippen molar-refractivity contribution in [1.82, 2.24) is 15.1 Å². The van der Waals surface area contributed by atoms with Crippen molar-refractivity contribution in [2.45, 2.75) is 45.4 Å². The van der Waals surface area contributed by atoms with Gasteiger partial charge in [-0.25, -0.2) is 8.78 Å². The van der Waals surface area contributed by atoms with E-state index in [1.54, 1.807) is 12.1 Å². The average molecular weight is 346 g/mol. The predicted octanol–water partition coefficient (Wildman–Crippen LogP) is 3.82. The fourth-order valence-electron chi connectivity index (χ4n) is 3.25. The Labute approximate surface area is 147 Å². The molecule has 2 heterocycles. The number of nitrogens with one attached hydrogen (secondary N) is 1. The summed E-state index contributed by atoms with van der Waals surface area (Å²) in [5.41, 5.74) is 2.49. The number of anilines is 1. The first-order valence-corrected chi connectivity index (χ1v) is 8.67. The normalized spacial score (nSPS) is 21.5. The van der Waals surface area contributed by atoms with Gasteiger partial charge in [0.1, 0.15) is 17.8 Å². The number of hydrogen-bond acceptors (Lipinski definition) is 4. The molecule has 25 heavy (non-hydrogen) atoms. The maximum absolute atomic E-state index is 14.0. The van der Waals surface area contributed by atoms with Gasteiger partial charge in [-0.15, -0.1) is 10.2 Å². The van der Waals surface area contributed by atoms with Crippen LogP contribution in [0.3, 0.4) is 0 Å². The van der Waals surface area contributed by atoms with Crippen LogP contribution in [-0.4, -0.2) is 46.4 Å². The average Bonchev–Trinajstić information content (AvgIpc) is 2.55. The minimum absolute atomic E-state index is 0.0107. The van der Waals surface area contributed by atoms with E-state index in [4.69, 9.17) is 0 Å². The van der Waals surface area contributed by atoms with Crippen molar-refractivity contribution in [2.24, 2.45) is 0 Å². The van der Waals surface area contributed by atoms with E-state index in [2.05, 4.69) is 34.3 Å². The Balaban J connectivity index is 1.73. The first kappa shape index (κ1) is 17.7. The Morgan fingerprint density at radius 2 is 1.88 bits per heavy atom. The first-order valence-electron chi connectivity index (χ1n) is 8.67. The summed E-state index contributed by atoms with van der Waals surface area (Å²) in [4.78, 5) is 2.14. The third-order valence-electron chi connectivity index (χ3n) is 4.61. The Bertz CT molecular complexity index is 718. The summed E-state index contributed by atoms with van der Waals surface area (Å²) in [7, 11) is 0. The highest BCUT2D eigenvalue weighted by molar-refractivity contribution is 5.63. The molecular weight excluding hydrogens is 322 g/mol. The number of aromatic nitrogens is 2. The number of aryl methyl sites for hydroxylation is 1. The van der Waals surface area contributed by atoms with Gasteiger partial charge < -0.3 is 5.32 Å². The second kappa shape index (κ2) is 7.44. The zero-order chi connectivity index (χ0) is 18.0. The summed E-state index contributed by atoms with van der Waals surface area (Å²) < 4.78 is 27.1. The number of piperidine rings is 1. The van der Waals surface area contributed by atoms with Crippen molar-refractivity contribution in [3.8, 4) is 11.3 Å². The SMILES string of the molecule is Cc1cc(N[C@@H]2C[C@@H](F)CN(C(C)C)C2)nnc1-c1ccc(F)cc1. The van der Waals surface area contributed by atoms with E-state index in [1.807, 2.05) is 13.0 Å². The third-order valence-corrected chi connectivity index (χ3v) is 4.61. The Hall–Kier alpha value is -2.08. The van der Waals surface area contributed by atoms with E-state index in [0.29, 0.717) is 24.8 Å². The van der Waals surface area contributed by atoms with Crippen molar-refractivity contribution in [2.75, 3.05) is 18.4 Å². The highest BCUT2D eigenvalue weighted by Gasteiger charge is 2.28. The van der Waals surface area contributed by atoms with Crippen LogP contribution in [0.15, 0.2) is 30.3 Å². The Morgan fingerprint density at radius 3 is 2.52 bits per heavy atom. The highest BCUT2D eigenvalue weighted by Crippen LogP contribution is 2.24. The zero-order valence-electron chi connectivity index (χ0n) is 14.8. The molecule has 0 bridgehead atoms. The van der Waals surface area contributed by atoms with Crippen molar-refractivity contribution >= 4 is 5.82 Å². The van der Waals surface area contributed by atoms with Gasteiger partial charge >= 0.3 is 0 Å². The third kappa shape index (κ3) is 4.31. The minimum atomic E-state index is -0.832. The fraction of sp³-hybridized carbons (Fsp3) is 0.474. The van der Waals surface area contributed by atoms with E-state index < -0.39 is 6.17 Å². The topological polar surface area (TPSA) is 41.0 Å². The van der Waals surface area contributed by atoms with E-state index >= 15 is 0 Å². The van der Waals surface area contributed by atoms with Crippen LogP contribution in [0.25, 0.3) is 11.3 Å². The molecule has 0 saturated carbocycles. The highest BCUT2D eigenvalue weighted by atomic mass is 19.1. The molecule has 1 aromatic heterocycles. The van der Waals surface area contributed by atoms with Crippen LogP contribution in [0.4, 0.5) is 14.6 Å². The van der Waals surface area contributed by atoms with Crippen molar-refractivity contribution in [3.05, 3.63) is 41.7 Å². The summed E-state index contributed by atoms with van der Waals surface area (Å²) in [6.07, 6.45) is -0.356. The van der Waals surface area contributed by atoms with Gasteiger partial charge in [0.25, 0.3) is 0 Å². The standard InChI is InChI=1S/C19H24F2N4/c1-12(2)25-10-16(21)9-17(11-25)22-18-8-13(3)19(24-23-18)14-4-6-15(20)7-5-14/h4-8,12,16-17H,9-11H2,1-3H3,(H,22,23)/t16-,17-/m1/s1. The van der Waals surface area contributed by atoms with Crippen LogP contribution < -0.4 is 5.32 Å². The number of hydrogen-bond donors (Lipinski definition) is 1. The lowest BCUT2D eigenvalue weighted by Crippen LogP contribution is -2.49. The molecule has 0 aliphatic carbocycles. The molecule has 3 rings (SSSR count). The van der Waals surface area contributed by atoms with Crippen LogP contribution in [0, 0.1) is 12.7 Å². The maximum atomic E-state index is 14.0. The molecule has 2 aromatic rings. The van der Waals surface area contributed by atoms with E-state index in [0.717, 1.165) is 23.4 Å². The summed E-state index contributed by atoms with van der Waals surface area (Å²) in [6.45, 7) is 7.38. The summed E-state index contributed by atoms with van der Waals surface area (Å²) in [5, 5.41) is 11.8. The number of benzene rings is 1. The fourth-order valence-corrected chi connectivity index (χ4v) is 3.25. The molecule has 6 heteroatoms. The molecular formula is C19H24F2N4. The predicted molar refractivity (Wildman–Crippen MR) is 95.8 cm³/mol. The smallest absolute Gasteiger partial charge is 0.149 e. The van der Waals surface area contributed by atoms with E-state index in [9.17, 15) is 8.78 Å². The van der Waals surface area contributed by atoms with Gasteiger partial charge in [0, 0.05) is 37.2 Å². The molecule has 0 radical (unpaired) electrons. The van der Waals surface area contributed by atoms with Crippen LogP contribution in [-0.2, 0) is 0 Å². The monoisotopic (exact) mass is 346 g/mol. The molecule has 0 unspecified atom stereocenters. The van der Waals surface area contributed by atoms with Crippen molar-refractivity contribution in [1.29, 1.82) is 0 Å². The minimum Gasteiger partial charge on any atom is -0.364 e. The molecule has 1 aliphatic heterocycles. The summed E-state index contributed by atoms with van der Waals surface area (Å²) in [6, 6.07) is 8.43. The molecule has 0 spiro atoms. The lowest BCUT2D eigenvalue weighted by atomic mass is 10.0. The van der Waals surface area contributed by atoms with Gasteiger partial charge in [-0.05, 0) is 56.7 Å². The van der Waals surface area contributed by atoms with Gasteiger partial charge in [-0.1, -0.05) is 0 Å². The number of alkyl halides is 1. The van der Waals surface area contributed by atoms with E-state index in [-0.39, 0.29) is 11.9 Å². The quantitative estimate of drug-likeness (QED) is 0.914. The van der Waals surface area contributed by atoms with Gasteiger partial charge in [0.05, 0.1) is 5.69 Å². The van der Waals surface area contributed by atoms with E-state index in [1.165, 1.54) is 12.1 Å². The molecule has 1 aliphatic rings. The number of likely N-dealkylation sites (tertiary alicyclic amines) is 1. The molecule has 1 N–H and O–H groups in total. The molecule has 4 nitrogen and oxygen atoms in total. The second-order valence-corrected chi connectivity index (χ2v) is 6.99. The molecule has 0 amide bonds. The van der Waals surface area contributed by atoms with Crippen molar-refractivity contribution < 1.29 is 8.78 Å². The van der Waals surface area contributed by atoms with Gasteiger partial charge in [-0.3, -0.25) is 4.90 Å². The van der Waals surface area contributed by atoms with Gasteiger partial charge in [0.2, 0.25) is 0 Å². The largest absolute Gasteiger partial charge is 0.364 e. The maximum Gasteiger partial charge on any atom is 0.149 e. The van der Waals surface area contributed by atoms with Crippen LogP contribution in [0.1, 0.15) is 25.8 Å². The number of halogens is 2. The lowest BCUT2D eigenvalue weighted by molar-refractivity contribution is 0.104. The summed E-state index contributed by atoms with van der Waals surface area (Å²) >= 11 is 0.